The Balaban J connectivity index is 3.86. The fourth-order valence-corrected chi connectivity index (χ4v) is 1.28. The van der Waals surface area contributed by atoms with Gasteiger partial charge in [-0.3, -0.25) is 9.59 Å². The lowest BCUT2D eigenvalue weighted by atomic mass is 10.3. The van der Waals surface area contributed by atoms with Crippen LogP contribution >= 0.6 is 0 Å². The molecule has 0 N–H and O–H groups in total. The van der Waals surface area contributed by atoms with Crippen LogP contribution in [0, 0.1) is 0 Å². The first kappa shape index (κ1) is 20.3. The van der Waals surface area contributed by atoms with Gasteiger partial charge < -0.3 is 18.9 Å². The maximum Gasteiger partial charge on any atom is 0.308 e. The summed E-state index contributed by atoms with van der Waals surface area (Å²) in [6.07, 6.45) is -1.52. The van der Waals surface area contributed by atoms with E-state index in [-0.39, 0.29) is 12.8 Å². The zero-order chi connectivity index (χ0) is 17.1. The average Bonchev–Trinajstić information content (AvgIpc) is 2.40. The lowest BCUT2D eigenvalue weighted by Gasteiger charge is -2.15. The van der Waals surface area contributed by atoms with Crippen LogP contribution in [0.1, 0.15) is 40.5 Å². The summed E-state index contributed by atoms with van der Waals surface area (Å²) in [7, 11) is 0. The standard InChI is InChI=1S/C16H26O6/c1-11(2)9-19-13(5)21-15(17)7-8-16(18)22-14(6)20-10-12(3)4/h13-14H,1,3,7-10H2,2,4-6H3. The summed E-state index contributed by atoms with van der Waals surface area (Å²) < 4.78 is 20.4. The number of carbonyl (C=O) groups excluding carboxylic acids is 2. The second-order valence-electron chi connectivity index (χ2n) is 5.15. The van der Waals surface area contributed by atoms with Crippen LogP contribution in [0.3, 0.4) is 0 Å². The van der Waals surface area contributed by atoms with E-state index in [9.17, 15) is 9.59 Å². The highest BCUT2D eigenvalue weighted by atomic mass is 16.7. The average molecular weight is 314 g/mol. The van der Waals surface area contributed by atoms with Crippen LogP contribution in [0.15, 0.2) is 24.3 Å². The van der Waals surface area contributed by atoms with Gasteiger partial charge in [0, 0.05) is 0 Å². The van der Waals surface area contributed by atoms with Gasteiger partial charge in [0.15, 0.2) is 12.6 Å². The van der Waals surface area contributed by atoms with Gasteiger partial charge in [-0.25, -0.2) is 0 Å². The topological polar surface area (TPSA) is 71.1 Å². The zero-order valence-corrected chi connectivity index (χ0v) is 13.8. The molecule has 6 nitrogen and oxygen atoms in total. The van der Waals surface area contributed by atoms with Gasteiger partial charge in [-0.05, 0) is 27.7 Å². The summed E-state index contributed by atoms with van der Waals surface area (Å²) in [5.74, 6) is -1.05. The first-order valence-corrected chi connectivity index (χ1v) is 7.11. The Morgan fingerprint density at radius 2 is 1.14 bits per heavy atom. The molecule has 2 atom stereocenters. The van der Waals surface area contributed by atoms with Gasteiger partial charge >= 0.3 is 11.9 Å². The van der Waals surface area contributed by atoms with E-state index < -0.39 is 24.5 Å². The van der Waals surface area contributed by atoms with Crippen molar-refractivity contribution in [2.75, 3.05) is 13.2 Å². The molecule has 0 amide bonds. The Hall–Kier alpha value is -1.66. The fourth-order valence-electron chi connectivity index (χ4n) is 1.28. The van der Waals surface area contributed by atoms with Crippen LogP contribution in [0.2, 0.25) is 0 Å². The lowest BCUT2D eigenvalue weighted by Crippen LogP contribution is -2.22. The summed E-state index contributed by atoms with van der Waals surface area (Å²) in [5.41, 5.74) is 1.66. The van der Waals surface area contributed by atoms with Crippen molar-refractivity contribution in [3.63, 3.8) is 0 Å². The molecule has 0 fully saturated rings. The van der Waals surface area contributed by atoms with Crippen molar-refractivity contribution in [2.45, 2.75) is 53.1 Å². The SMILES string of the molecule is C=C(C)COC(C)OC(=O)CCC(=O)OC(C)OCC(=C)C. The third-order valence-electron chi connectivity index (χ3n) is 2.26. The van der Waals surface area contributed by atoms with Crippen molar-refractivity contribution in [3.8, 4) is 0 Å². The Bertz CT molecular complexity index is 363. The van der Waals surface area contributed by atoms with Gasteiger partial charge in [0.05, 0.1) is 26.1 Å². The number of rotatable bonds is 11. The molecular formula is C16H26O6. The number of esters is 2. The number of carbonyl (C=O) groups is 2. The third-order valence-corrected chi connectivity index (χ3v) is 2.26. The van der Waals surface area contributed by atoms with Crippen LogP contribution in [-0.4, -0.2) is 37.7 Å². The molecule has 0 radical (unpaired) electrons. The largest absolute Gasteiger partial charge is 0.436 e. The molecule has 0 bridgehead atoms. The molecule has 0 aromatic rings. The predicted octanol–water partition coefficient (Wildman–Crippen LogP) is 2.73. The summed E-state index contributed by atoms with van der Waals surface area (Å²) in [5, 5.41) is 0. The highest BCUT2D eigenvalue weighted by molar-refractivity contribution is 5.77. The molecule has 22 heavy (non-hydrogen) atoms. The third kappa shape index (κ3) is 12.1. The molecule has 0 spiro atoms. The van der Waals surface area contributed by atoms with Crippen LogP contribution in [0.5, 0.6) is 0 Å². The van der Waals surface area contributed by atoms with E-state index in [1.165, 1.54) is 0 Å². The van der Waals surface area contributed by atoms with E-state index in [2.05, 4.69) is 13.2 Å². The molecule has 0 aromatic carbocycles. The Kier molecular flexibility index (Phi) is 10.2. The zero-order valence-electron chi connectivity index (χ0n) is 13.8. The lowest BCUT2D eigenvalue weighted by molar-refractivity contribution is -0.180. The molecule has 0 aliphatic rings. The monoisotopic (exact) mass is 314 g/mol. The number of hydrogen-bond acceptors (Lipinski definition) is 6. The van der Waals surface area contributed by atoms with Crippen LogP contribution in [0.4, 0.5) is 0 Å². The second kappa shape index (κ2) is 11.0. The molecule has 6 heteroatoms. The minimum Gasteiger partial charge on any atom is -0.436 e. The molecule has 0 aromatic heterocycles. The maximum atomic E-state index is 11.5. The minimum absolute atomic E-state index is 0.0766. The van der Waals surface area contributed by atoms with Crippen molar-refractivity contribution in [3.05, 3.63) is 24.3 Å². The van der Waals surface area contributed by atoms with E-state index in [0.717, 1.165) is 11.1 Å². The van der Waals surface area contributed by atoms with Gasteiger partial charge in [-0.2, -0.15) is 0 Å². The van der Waals surface area contributed by atoms with E-state index >= 15 is 0 Å². The maximum absolute atomic E-state index is 11.5. The van der Waals surface area contributed by atoms with Crippen molar-refractivity contribution in [1.29, 1.82) is 0 Å². The molecule has 0 heterocycles. The van der Waals surface area contributed by atoms with E-state index in [4.69, 9.17) is 18.9 Å². The predicted molar refractivity (Wildman–Crippen MR) is 81.9 cm³/mol. The van der Waals surface area contributed by atoms with Gasteiger partial charge in [0.1, 0.15) is 0 Å². The molecule has 0 aliphatic carbocycles. The van der Waals surface area contributed by atoms with E-state index in [1.807, 2.05) is 13.8 Å². The molecule has 0 rings (SSSR count). The van der Waals surface area contributed by atoms with Gasteiger partial charge in [0.2, 0.25) is 0 Å². The van der Waals surface area contributed by atoms with E-state index in [1.54, 1.807) is 13.8 Å². The van der Waals surface area contributed by atoms with Gasteiger partial charge in [-0.15, -0.1) is 0 Å². The van der Waals surface area contributed by atoms with Crippen LogP contribution in [-0.2, 0) is 28.5 Å². The number of hydrogen-bond donors (Lipinski definition) is 0. The molecule has 0 saturated heterocycles. The van der Waals surface area contributed by atoms with Gasteiger partial charge in [0.25, 0.3) is 0 Å². The molecule has 0 saturated carbocycles. The van der Waals surface area contributed by atoms with E-state index in [0.29, 0.717) is 13.2 Å². The van der Waals surface area contributed by atoms with Crippen molar-refractivity contribution >= 4 is 11.9 Å². The van der Waals surface area contributed by atoms with Crippen molar-refractivity contribution in [2.24, 2.45) is 0 Å². The van der Waals surface area contributed by atoms with Crippen LogP contribution < -0.4 is 0 Å². The number of ether oxygens (including phenoxy) is 4. The highest BCUT2D eigenvalue weighted by Gasteiger charge is 2.15. The summed E-state index contributed by atoms with van der Waals surface area (Å²) >= 11 is 0. The van der Waals surface area contributed by atoms with Gasteiger partial charge in [-0.1, -0.05) is 24.3 Å². The smallest absolute Gasteiger partial charge is 0.308 e. The second-order valence-corrected chi connectivity index (χ2v) is 5.15. The highest BCUT2D eigenvalue weighted by Crippen LogP contribution is 2.05. The fraction of sp³-hybridized carbons (Fsp3) is 0.625. The Labute approximate surface area is 132 Å². The normalized spacial score (nSPS) is 13.1. The van der Waals surface area contributed by atoms with Crippen molar-refractivity contribution in [1.82, 2.24) is 0 Å². The van der Waals surface area contributed by atoms with Crippen LogP contribution in [0.25, 0.3) is 0 Å². The summed E-state index contributed by atoms with van der Waals surface area (Å²) in [4.78, 5) is 23.1. The molecular weight excluding hydrogens is 288 g/mol. The summed E-state index contributed by atoms with van der Waals surface area (Å²) in [6, 6.07) is 0. The summed E-state index contributed by atoms with van der Waals surface area (Å²) in [6.45, 7) is 14.8. The Morgan fingerprint density at radius 3 is 1.41 bits per heavy atom. The quantitative estimate of drug-likeness (QED) is 0.332. The Morgan fingerprint density at radius 1 is 0.818 bits per heavy atom. The molecule has 126 valence electrons. The first-order valence-electron chi connectivity index (χ1n) is 7.11. The minimum atomic E-state index is -0.682. The first-order chi connectivity index (χ1) is 10.2. The molecule has 2 unspecified atom stereocenters. The van der Waals surface area contributed by atoms with Crippen molar-refractivity contribution < 1.29 is 28.5 Å². The molecule has 0 aliphatic heterocycles.